The summed E-state index contributed by atoms with van der Waals surface area (Å²) in [7, 11) is -3.66. The van der Waals surface area contributed by atoms with Gasteiger partial charge in [0.25, 0.3) is 0 Å². The van der Waals surface area contributed by atoms with E-state index < -0.39 is 7.60 Å². The molecule has 0 spiro atoms. The largest absolute Gasteiger partial charge is 0.330 e. The van der Waals surface area contributed by atoms with E-state index in [4.69, 9.17) is 9.05 Å². The summed E-state index contributed by atoms with van der Waals surface area (Å²) < 4.78 is 23.9. The number of hydrogen-bond donors (Lipinski definition) is 0. The van der Waals surface area contributed by atoms with Crippen molar-refractivity contribution in [2.45, 2.75) is 26.7 Å². The highest BCUT2D eigenvalue weighted by atomic mass is 31.2. The minimum Gasteiger partial charge on any atom is -0.309 e. The molecule has 6 heteroatoms. The third-order valence-electron chi connectivity index (χ3n) is 5.58. The Balaban J connectivity index is 1.66. The van der Waals surface area contributed by atoms with E-state index in [1.165, 1.54) is 34.7 Å². The summed E-state index contributed by atoms with van der Waals surface area (Å²) in [6.45, 7) is 4.60. The summed E-state index contributed by atoms with van der Waals surface area (Å²) in [6, 6.07) is 32.8. The van der Waals surface area contributed by atoms with Gasteiger partial charge in [-0.2, -0.15) is 0 Å². The molecule has 3 nitrogen and oxygen atoms in total. The van der Waals surface area contributed by atoms with Crippen LogP contribution in [-0.2, 0) is 13.6 Å². The summed E-state index contributed by atoms with van der Waals surface area (Å²) in [5.41, 5.74) is 0. The minimum absolute atomic E-state index is 0.318. The Labute approximate surface area is 208 Å². The lowest BCUT2D eigenvalue weighted by molar-refractivity contribution is 0.220. The molecule has 0 saturated heterocycles. The van der Waals surface area contributed by atoms with Gasteiger partial charge in [-0.1, -0.05) is 98.9 Å². The molecule has 0 radical (unpaired) electrons. The molecular formula is C28H37O3P3. The van der Waals surface area contributed by atoms with Gasteiger partial charge in [0.2, 0.25) is 0 Å². The summed E-state index contributed by atoms with van der Waals surface area (Å²) >= 11 is 0. The van der Waals surface area contributed by atoms with Crippen LogP contribution in [0.2, 0.25) is 0 Å². The Morgan fingerprint density at radius 1 is 0.618 bits per heavy atom. The van der Waals surface area contributed by atoms with Crippen LogP contribution in [0, 0.1) is 0 Å². The molecule has 0 bridgehead atoms. The molecular weight excluding hydrogens is 477 g/mol. The van der Waals surface area contributed by atoms with E-state index in [1.807, 2.05) is 13.8 Å². The van der Waals surface area contributed by atoms with Crippen LogP contribution in [0.5, 0.6) is 0 Å². The molecule has 0 aromatic heterocycles. The first kappa shape index (κ1) is 27.3. The van der Waals surface area contributed by atoms with Crippen molar-refractivity contribution < 1.29 is 13.6 Å². The zero-order valence-corrected chi connectivity index (χ0v) is 23.1. The normalized spacial score (nSPS) is 12.7. The molecule has 0 amide bonds. The van der Waals surface area contributed by atoms with E-state index in [2.05, 4.69) is 91.0 Å². The van der Waals surface area contributed by atoms with Crippen LogP contribution < -0.4 is 15.9 Å². The van der Waals surface area contributed by atoms with Gasteiger partial charge in [-0.05, 0) is 69.0 Å². The molecule has 0 aliphatic carbocycles. The maximum absolute atomic E-state index is 12.9. The SMILES string of the molecule is CCOP(=O)(CCCP(CCCP(c1ccccc1)c1ccccc1)c1ccccc1)OCC. The Kier molecular flexibility index (Phi) is 12.0. The van der Waals surface area contributed by atoms with Crippen molar-refractivity contribution in [1.82, 2.24) is 0 Å². The van der Waals surface area contributed by atoms with Crippen molar-refractivity contribution in [2.75, 3.05) is 37.9 Å². The second-order valence-corrected chi connectivity index (χ2v) is 15.0. The molecule has 0 aliphatic rings. The lowest BCUT2D eigenvalue weighted by atomic mass is 10.4. The van der Waals surface area contributed by atoms with E-state index in [-0.39, 0.29) is 15.8 Å². The molecule has 182 valence electrons. The third kappa shape index (κ3) is 8.71. The minimum atomic E-state index is -2.98. The molecule has 0 heterocycles. The Hall–Kier alpha value is -1.33. The monoisotopic (exact) mass is 514 g/mol. The standard InChI is InChI=1S/C28H37O3P3/c1-3-30-34(29,31-4-2)25-15-23-32(26-16-8-5-9-17-26)22-14-24-33(27-18-10-6-11-19-27)28-20-12-7-13-21-28/h5-13,16-21H,3-4,14-15,22-25H2,1-2H3. The molecule has 3 aromatic carbocycles. The van der Waals surface area contributed by atoms with E-state index in [1.54, 1.807) is 0 Å². The van der Waals surface area contributed by atoms with Crippen molar-refractivity contribution in [1.29, 1.82) is 0 Å². The van der Waals surface area contributed by atoms with Crippen LogP contribution in [0.1, 0.15) is 26.7 Å². The van der Waals surface area contributed by atoms with Crippen LogP contribution in [0.3, 0.4) is 0 Å². The highest BCUT2D eigenvalue weighted by molar-refractivity contribution is 7.73. The molecule has 3 rings (SSSR count). The predicted octanol–water partition coefficient (Wildman–Crippen LogP) is 6.97. The Morgan fingerprint density at radius 3 is 1.53 bits per heavy atom. The zero-order valence-electron chi connectivity index (χ0n) is 20.4. The predicted molar refractivity (Wildman–Crippen MR) is 152 cm³/mol. The van der Waals surface area contributed by atoms with Gasteiger partial charge in [0, 0.05) is 0 Å². The summed E-state index contributed by atoms with van der Waals surface area (Å²) in [6.07, 6.45) is 5.98. The molecule has 0 saturated carbocycles. The third-order valence-corrected chi connectivity index (χ3v) is 13.1. The van der Waals surface area contributed by atoms with Crippen molar-refractivity contribution in [3.63, 3.8) is 0 Å². The van der Waals surface area contributed by atoms with Gasteiger partial charge in [-0.25, -0.2) is 0 Å². The fourth-order valence-electron chi connectivity index (χ4n) is 4.07. The molecule has 0 N–H and O–H groups in total. The summed E-state index contributed by atoms with van der Waals surface area (Å²) in [5, 5.41) is 4.33. The molecule has 3 aromatic rings. The Morgan fingerprint density at radius 2 is 1.06 bits per heavy atom. The van der Waals surface area contributed by atoms with Crippen LogP contribution >= 0.6 is 23.4 Å². The van der Waals surface area contributed by atoms with Crippen molar-refractivity contribution >= 4 is 39.4 Å². The second-order valence-electron chi connectivity index (χ2n) is 8.02. The first-order valence-electron chi connectivity index (χ1n) is 12.2. The van der Waals surface area contributed by atoms with Gasteiger partial charge >= 0.3 is 7.60 Å². The van der Waals surface area contributed by atoms with Crippen LogP contribution in [0.15, 0.2) is 91.0 Å². The molecule has 1 unspecified atom stereocenters. The summed E-state index contributed by atoms with van der Waals surface area (Å²) in [4.78, 5) is 0. The smallest absolute Gasteiger partial charge is 0.309 e. The quantitative estimate of drug-likeness (QED) is 0.206. The van der Waals surface area contributed by atoms with Gasteiger partial charge in [0.1, 0.15) is 0 Å². The van der Waals surface area contributed by atoms with E-state index >= 15 is 0 Å². The molecule has 34 heavy (non-hydrogen) atoms. The number of benzene rings is 3. The zero-order chi connectivity index (χ0) is 24.1. The molecule has 1 atom stereocenters. The molecule has 0 aliphatic heterocycles. The van der Waals surface area contributed by atoms with Crippen LogP contribution in [-0.4, -0.2) is 37.9 Å². The fraction of sp³-hybridized carbons (Fsp3) is 0.357. The highest BCUT2D eigenvalue weighted by Crippen LogP contribution is 2.50. The number of hydrogen-bond acceptors (Lipinski definition) is 3. The number of rotatable bonds is 15. The van der Waals surface area contributed by atoms with E-state index in [0.717, 1.165) is 12.6 Å². The Bertz CT molecular complexity index is 934. The first-order valence-corrected chi connectivity index (χ1v) is 17.2. The maximum atomic E-state index is 12.9. The van der Waals surface area contributed by atoms with Crippen LogP contribution in [0.25, 0.3) is 0 Å². The van der Waals surface area contributed by atoms with Gasteiger partial charge < -0.3 is 9.05 Å². The van der Waals surface area contributed by atoms with Gasteiger partial charge in [-0.15, -0.1) is 0 Å². The summed E-state index contributed by atoms with van der Waals surface area (Å²) in [5.74, 6) is 0. The van der Waals surface area contributed by atoms with Crippen LogP contribution in [0.4, 0.5) is 0 Å². The average Bonchev–Trinajstić information content (AvgIpc) is 2.87. The average molecular weight is 515 g/mol. The van der Waals surface area contributed by atoms with E-state index in [9.17, 15) is 4.57 Å². The molecule has 0 fully saturated rings. The fourth-order valence-corrected chi connectivity index (χ4v) is 11.0. The van der Waals surface area contributed by atoms with Crippen molar-refractivity contribution in [2.24, 2.45) is 0 Å². The van der Waals surface area contributed by atoms with Gasteiger partial charge in [-0.3, -0.25) is 4.57 Å². The van der Waals surface area contributed by atoms with E-state index in [0.29, 0.717) is 19.4 Å². The van der Waals surface area contributed by atoms with Gasteiger partial charge in [0.05, 0.1) is 19.4 Å². The lowest BCUT2D eigenvalue weighted by Crippen LogP contribution is -2.15. The lowest BCUT2D eigenvalue weighted by Gasteiger charge is -2.23. The topological polar surface area (TPSA) is 35.5 Å². The second kappa shape index (κ2) is 14.9. The van der Waals surface area contributed by atoms with Crippen molar-refractivity contribution in [3.05, 3.63) is 91.0 Å². The maximum Gasteiger partial charge on any atom is 0.330 e. The van der Waals surface area contributed by atoms with Crippen molar-refractivity contribution in [3.8, 4) is 0 Å². The first-order chi connectivity index (χ1) is 16.6. The highest BCUT2D eigenvalue weighted by Gasteiger charge is 2.24. The van der Waals surface area contributed by atoms with Gasteiger partial charge in [0.15, 0.2) is 0 Å².